The summed E-state index contributed by atoms with van der Waals surface area (Å²) in [6.07, 6.45) is -0.866. The first kappa shape index (κ1) is 15.0. The Morgan fingerprint density at radius 3 is 2.60 bits per heavy atom. The lowest BCUT2D eigenvalue weighted by Gasteiger charge is -2.23. The molecular formula is C16H17ClFNO. The molecule has 2 rings (SSSR count). The second kappa shape index (κ2) is 6.35. The zero-order valence-corrected chi connectivity index (χ0v) is 11.9. The van der Waals surface area contributed by atoms with E-state index in [0.29, 0.717) is 5.56 Å². The van der Waals surface area contributed by atoms with Crippen LogP contribution in [0.1, 0.15) is 28.7 Å². The highest BCUT2D eigenvalue weighted by Crippen LogP contribution is 2.34. The second-order valence-electron chi connectivity index (χ2n) is 4.87. The fourth-order valence-electron chi connectivity index (χ4n) is 2.31. The van der Waals surface area contributed by atoms with E-state index >= 15 is 0 Å². The van der Waals surface area contributed by atoms with Crippen LogP contribution in [0, 0.1) is 12.7 Å². The molecule has 0 saturated heterocycles. The topological polar surface area (TPSA) is 46.2 Å². The van der Waals surface area contributed by atoms with Crippen LogP contribution in [0.2, 0.25) is 5.02 Å². The Morgan fingerprint density at radius 2 is 2.00 bits per heavy atom. The lowest BCUT2D eigenvalue weighted by Crippen LogP contribution is -2.20. The molecule has 3 N–H and O–H groups in total. The van der Waals surface area contributed by atoms with E-state index in [2.05, 4.69) is 0 Å². The third kappa shape index (κ3) is 3.18. The Bertz CT molecular complexity index is 603. The SMILES string of the molecule is Cc1cccc(C(CN)C(O)c2ccc(F)cc2Cl)c1. The molecule has 2 aromatic carbocycles. The predicted molar refractivity (Wildman–Crippen MR) is 79.3 cm³/mol. The van der Waals surface area contributed by atoms with Crippen molar-refractivity contribution in [1.29, 1.82) is 0 Å². The van der Waals surface area contributed by atoms with E-state index in [-0.39, 0.29) is 17.5 Å². The Morgan fingerprint density at radius 1 is 1.25 bits per heavy atom. The maximum absolute atomic E-state index is 13.1. The van der Waals surface area contributed by atoms with E-state index in [1.165, 1.54) is 18.2 Å². The summed E-state index contributed by atoms with van der Waals surface area (Å²) in [5.41, 5.74) is 8.33. The summed E-state index contributed by atoms with van der Waals surface area (Å²) < 4.78 is 13.1. The van der Waals surface area contributed by atoms with E-state index < -0.39 is 11.9 Å². The Hall–Kier alpha value is -1.42. The quantitative estimate of drug-likeness (QED) is 0.905. The minimum Gasteiger partial charge on any atom is -0.388 e. The van der Waals surface area contributed by atoms with Gasteiger partial charge in [0.2, 0.25) is 0 Å². The average Bonchev–Trinajstić information content (AvgIpc) is 2.39. The molecular weight excluding hydrogens is 277 g/mol. The van der Waals surface area contributed by atoms with Crippen LogP contribution in [0.3, 0.4) is 0 Å². The number of hydrogen-bond acceptors (Lipinski definition) is 2. The summed E-state index contributed by atoms with van der Waals surface area (Å²) in [4.78, 5) is 0. The van der Waals surface area contributed by atoms with E-state index in [1.54, 1.807) is 0 Å². The van der Waals surface area contributed by atoms with Crippen molar-refractivity contribution >= 4 is 11.6 Å². The van der Waals surface area contributed by atoms with Gasteiger partial charge >= 0.3 is 0 Å². The van der Waals surface area contributed by atoms with Crippen molar-refractivity contribution in [3.05, 3.63) is 70.0 Å². The molecule has 0 spiro atoms. The van der Waals surface area contributed by atoms with E-state index in [4.69, 9.17) is 17.3 Å². The van der Waals surface area contributed by atoms with Gasteiger partial charge in [0, 0.05) is 17.5 Å². The summed E-state index contributed by atoms with van der Waals surface area (Å²) >= 11 is 6.00. The lowest BCUT2D eigenvalue weighted by molar-refractivity contribution is 0.147. The highest BCUT2D eigenvalue weighted by atomic mass is 35.5. The molecule has 0 bridgehead atoms. The first-order valence-electron chi connectivity index (χ1n) is 6.42. The van der Waals surface area contributed by atoms with Gasteiger partial charge in [-0.05, 0) is 30.2 Å². The molecule has 0 aromatic heterocycles. The van der Waals surface area contributed by atoms with Gasteiger partial charge in [0.15, 0.2) is 0 Å². The molecule has 0 amide bonds. The van der Waals surface area contributed by atoms with Crippen LogP contribution in [0.25, 0.3) is 0 Å². The highest BCUT2D eigenvalue weighted by molar-refractivity contribution is 6.31. The van der Waals surface area contributed by atoms with Crippen molar-refractivity contribution in [3.8, 4) is 0 Å². The van der Waals surface area contributed by atoms with Crippen LogP contribution in [-0.2, 0) is 0 Å². The molecule has 0 radical (unpaired) electrons. The number of benzene rings is 2. The largest absolute Gasteiger partial charge is 0.388 e. The van der Waals surface area contributed by atoms with E-state index in [9.17, 15) is 9.50 Å². The molecule has 2 unspecified atom stereocenters. The zero-order chi connectivity index (χ0) is 14.7. The van der Waals surface area contributed by atoms with Gasteiger partial charge in [0.05, 0.1) is 6.10 Å². The number of aliphatic hydroxyl groups is 1. The molecule has 2 atom stereocenters. The van der Waals surface area contributed by atoms with Crippen molar-refractivity contribution < 1.29 is 9.50 Å². The number of aryl methyl sites for hydroxylation is 1. The van der Waals surface area contributed by atoms with Gasteiger partial charge in [-0.3, -0.25) is 0 Å². The summed E-state index contributed by atoms with van der Waals surface area (Å²) in [6.45, 7) is 2.26. The van der Waals surface area contributed by atoms with Crippen molar-refractivity contribution in [2.45, 2.75) is 18.9 Å². The minimum atomic E-state index is -0.866. The van der Waals surface area contributed by atoms with Crippen LogP contribution in [0.5, 0.6) is 0 Å². The fraction of sp³-hybridized carbons (Fsp3) is 0.250. The van der Waals surface area contributed by atoms with Crippen molar-refractivity contribution in [2.75, 3.05) is 6.54 Å². The van der Waals surface area contributed by atoms with Crippen LogP contribution >= 0.6 is 11.6 Å². The van der Waals surface area contributed by atoms with Crippen LogP contribution in [0.15, 0.2) is 42.5 Å². The average molecular weight is 294 g/mol. The van der Waals surface area contributed by atoms with E-state index in [0.717, 1.165) is 11.1 Å². The molecule has 0 saturated carbocycles. The van der Waals surface area contributed by atoms with Gasteiger partial charge in [0.1, 0.15) is 5.82 Å². The number of rotatable bonds is 4. The predicted octanol–water partition coefficient (Wildman–Crippen LogP) is 3.56. The van der Waals surface area contributed by atoms with Gasteiger partial charge in [-0.15, -0.1) is 0 Å². The van der Waals surface area contributed by atoms with E-state index in [1.807, 2.05) is 31.2 Å². The zero-order valence-electron chi connectivity index (χ0n) is 11.2. The maximum atomic E-state index is 13.1. The Kier molecular flexibility index (Phi) is 4.76. The summed E-state index contributed by atoms with van der Waals surface area (Å²) in [6, 6.07) is 11.8. The van der Waals surface area contributed by atoms with Crippen LogP contribution in [0.4, 0.5) is 4.39 Å². The highest BCUT2D eigenvalue weighted by Gasteiger charge is 2.23. The maximum Gasteiger partial charge on any atom is 0.124 e. The molecule has 0 aliphatic carbocycles. The molecule has 0 aliphatic rings. The van der Waals surface area contributed by atoms with Gasteiger partial charge in [-0.25, -0.2) is 4.39 Å². The number of hydrogen-bond donors (Lipinski definition) is 2. The van der Waals surface area contributed by atoms with Crippen LogP contribution in [-0.4, -0.2) is 11.7 Å². The molecule has 0 fully saturated rings. The van der Waals surface area contributed by atoms with Crippen molar-refractivity contribution in [2.24, 2.45) is 5.73 Å². The smallest absolute Gasteiger partial charge is 0.124 e. The summed E-state index contributed by atoms with van der Waals surface area (Å²) in [5.74, 6) is -0.705. The molecule has 4 heteroatoms. The summed E-state index contributed by atoms with van der Waals surface area (Å²) in [7, 11) is 0. The molecule has 0 heterocycles. The van der Waals surface area contributed by atoms with Crippen molar-refractivity contribution in [1.82, 2.24) is 0 Å². The molecule has 2 nitrogen and oxygen atoms in total. The monoisotopic (exact) mass is 293 g/mol. The summed E-state index contributed by atoms with van der Waals surface area (Å²) in [5, 5.41) is 10.7. The Labute approximate surface area is 123 Å². The molecule has 2 aromatic rings. The minimum absolute atomic E-state index is 0.212. The Balaban J connectivity index is 2.36. The number of nitrogens with two attached hydrogens (primary N) is 1. The number of aliphatic hydroxyl groups excluding tert-OH is 1. The fourth-order valence-corrected chi connectivity index (χ4v) is 2.59. The molecule has 20 heavy (non-hydrogen) atoms. The van der Waals surface area contributed by atoms with Gasteiger partial charge in [-0.1, -0.05) is 47.5 Å². The standard InChI is InChI=1S/C16H17ClFNO/c1-10-3-2-4-11(7-10)14(9-19)16(20)13-6-5-12(18)8-15(13)17/h2-8,14,16,20H,9,19H2,1H3. The van der Waals surface area contributed by atoms with Crippen molar-refractivity contribution in [3.63, 3.8) is 0 Å². The van der Waals surface area contributed by atoms with Crippen LogP contribution < -0.4 is 5.73 Å². The van der Waals surface area contributed by atoms with Gasteiger partial charge < -0.3 is 10.8 Å². The van der Waals surface area contributed by atoms with Gasteiger partial charge in [0.25, 0.3) is 0 Å². The third-order valence-corrected chi connectivity index (χ3v) is 3.71. The first-order chi connectivity index (χ1) is 9.52. The third-order valence-electron chi connectivity index (χ3n) is 3.39. The number of halogens is 2. The second-order valence-corrected chi connectivity index (χ2v) is 5.27. The molecule has 0 aliphatic heterocycles. The molecule has 106 valence electrons. The normalized spacial score (nSPS) is 14.1. The lowest BCUT2D eigenvalue weighted by atomic mass is 9.88. The van der Waals surface area contributed by atoms with Gasteiger partial charge in [-0.2, -0.15) is 0 Å². The first-order valence-corrected chi connectivity index (χ1v) is 6.80.